The van der Waals surface area contributed by atoms with E-state index in [1.807, 2.05) is 0 Å². The maximum Gasteiger partial charge on any atom is 0.220 e. The molecule has 2 nitrogen and oxygen atoms in total. The highest BCUT2D eigenvalue weighted by Gasteiger charge is 2.06. The molecule has 0 spiro atoms. The molecule has 0 saturated heterocycles. The first-order valence-corrected chi connectivity index (χ1v) is 5.92. The van der Waals surface area contributed by atoms with Crippen molar-refractivity contribution < 1.29 is 4.79 Å². The number of amides is 1. The lowest BCUT2D eigenvalue weighted by molar-refractivity contribution is -0.127. The summed E-state index contributed by atoms with van der Waals surface area (Å²) in [6, 6.07) is 0. The smallest absolute Gasteiger partial charge is 0.220 e. The summed E-state index contributed by atoms with van der Waals surface area (Å²) in [5, 5.41) is 0. The zero-order valence-electron chi connectivity index (χ0n) is 10.1. The van der Waals surface area contributed by atoms with Crippen LogP contribution in [0, 0.1) is 5.92 Å². The SMILES string of the molecule is C=CCN(CC=CC1CC=CCC1)C(C)=O. The van der Waals surface area contributed by atoms with Crippen LogP contribution in [0.2, 0.25) is 0 Å². The van der Waals surface area contributed by atoms with E-state index in [0.29, 0.717) is 19.0 Å². The van der Waals surface area contributed by atoms with E-state index in [1.165, 1.54) is 12.8 Å². The van der Waals surface area contributed by atoms with Gasteiger partial charge in [-0.15, -0.1) is 6.58 Å². The lowest BCUT2D eigenvalue weighted by Gasteiger charge is -2.18. The molecular weight excluding hydrogens is 198 g/mol. The zero-order valence-corrected chi connectivity index (χ0v) is 10.1. The van der Waals surface area contributed by atoms with Crippen LogP contribution in [0.3, 0.4) is 0 Å². The van der Waals surface area contributed by atoms with Gasteiger partial charge in [-0.25, -0.2) is 0 Å². The van der Waals surface area contributed by atoms with Crippen LogP contribution in [-0.4, -0.2) is 23.9 Å². The average molecular weight is 219 g/mol. The molecule has 1 aliphatic carbocycles. The third-order valence-corrected chi connectivity index (χ3v) is 2.84. The minimum Gasteiger partial charge on any atom is -0.336 e. The fourth-order valence-electron chi connectivity index (χ4n) is 1.86. The number of carbonyl (C=O) groups is 1. The van der Waals surface area contributed by atoms with E-state index in [2.05, 4.69) is 30.9 Å². The second kappa shape index (κ2) is 7.04. The molecule has 0 aliphatic heterocycles. The first-order chi connectivity index (χ1) is 7.74. The molecule has 1 atom stereocenters. The van der Waals surface area contributed by atoms with Crippen molar-refractivity contribution in [2.24, 2.45) is 5.92 Å². The van der Waals surface area contributed by atoms with Crippen molar-refractivity contribution in [3.05, 3.63) is 37.0 Å². The Balaban J connectivity index is 2.35. The van der Waals surface area contributed by atoms with E-state index in [0.717, 1.165) is 6.42 Å². The van der Waals surface area contributed by atoms with Gasteiger partial charge in [0.1, 0.15) is 0 Å². The van der Waals surface area contributed by atoms with Gasteiger partial charge in [0.15, 0.2) is 0 Å². The summed E-state index contributed by atoms with van der Waals surface area (Å²) in [7, 11) is 0. The lowest BCUT2D eigenvalue weighted by Crippen LogP contribution is -2.28. The van der Waals surface area contributed by atoms with Crippen molar-refractivity contribution in [1.82, 2.24) is 4.90 Å². The Morgan fingerprint density at radius 2 is 2.31 bits per heavy atom. The maximum absolute atomic E-state index is 11.2. The summed E-state index contributed by atoms with van der Waals surface area (Å²) in [4.78, 5) is 13.0. The predicted molar refractivity (Wildman–Crippen MR) is 68.1 cm³/mol. The summed E-state index contributed by atoms with van der Waals surface area (Å²) in [5.41, 5.74) is 0. The van der Waals surface area contributed by atoms with Crippen molar-refractivity contribution in [2.45, 2.75) is 26.2 Å². The molecule has 0 radical (unpaired) electrons. The Morgan fingerprint density at radius 1 is 1.50 bits per heavy atom. The first-order valence-electron chi connectivity index (χ1n) is 5.92. The number of rotatable bonds is 5. The largest absolute Gasteiger partial charge is 0.336 e. The third-order valence-electron chi connectivity index (χ3n) is 2.84. The first kappa shape index (κ1) is 12.8. The van der Waals surface area contributed by atoms with Gasteiger partial charge < -0.3 is 4.90 Å². The average Bonchev–Trinajstić information content (AvgIpc) is 2.29. The second-order valence-corrected chi connectivity index (χ2v) is 4.19. The number of allylic oxidation sites excluding steroid dienone is 3. The van der Waals surface area contributed by atoms with E-state index in [1.54, 1.807) is 17.9 Å². The van der Waals surface area contributed by atoms with Gasteiger partial charge in [-0.05, 0) is 25.2 Å². The molecule has 0 bridgehead atoms. The number of hydrogen-bond acceptors (Lipinski definition) is 1. The fourth-order valence-corrected chi connectivity index (χ4v) is 1.86. The molecule has 0 aromatic rings. The van der Waals surface area contributed by atoms with Crippen molar-refractivity contribution >= 4 is 5.91 Å². The molecule has 0 aromatic carbocycles. The Bertz CT molecular complexity index is 291. The summed E-state index contributed by atoms with van der Waals surface area (Å²) >= 11 is 0. The topological polar surface area (TPSA) is 20.3 Å². The van der Waals surface area contributed by atoms with Crippen LogP contribution in [0.1, 0.15) is 26.2 Å². The van der Waals surface area contributed by atoms with Gasteiger partial charge in [0.25, 0.3) is 0 Å². The third kappa shape index (κ3) is 4.47. The minimum atomic E-state index is 0.105. The summed E-state index contributed by atoms with van der Waals surface area (Å²) in [6.07, 6.45) is 14.1. The summed E-state index contributed by atoms with van der Waals surface area (Å²) in [6.45, 7) is 6.58. The maximum atomic E-state index is 11.2. The van der Waals surface area contributed by atoms with Gasteiger partial charge in [0.05, 0.1) is 0 Å². The molecule has 1 unspecified atom stereocenters. The molecule has 0 aromatic heterocycles. The zero-order chi connectivity index (χ0) is 11.8. The normalized spacial score (nSPS) is 19.9. The van der Waals surface area contributed by atoms with Crippen LogP contribution in [0.4, 0.5) is 0 Å². The van der Waals surface area contributed by atoms with Crippen LogP contribution in [0.25, 0.3) is 0 Å². The van der Waals surface area contributed by atoms with Crippen molar-refractivity contribution in [3.8, 4) is 0 Å². The number of carbonyl (C=O) groups excluding carboxylic acids is 1. The lowest BCUT2D eigenvalue weighted by atomic mass is 9.94. The minimum absolute atomic E-state index is 0.105. The molecule has 16 heavy (non-hydrogen) atoms. The summed E-state index contributed by atoms with van der Waals surface area (Å²) < 4.78 is 0. The van der Waals surface area contributed by atoms with Gasteiger partial charge >= 0.3 is 0 Å². The van der Waals surface area contributed by atoms with Gasteiger partial charge in [-0.1, -0.05) is 30.4 Å². The van der Waals surface area contributed by atoms with Crippen molar-refractivity contribution in [1.29, 1.82) is 0 Å². The molecule has 2 heteroatoms. The van der Waals surface area contributed by atoms with E-state index >= 15 is 0 Å². The van der Waals surface area contributed by atoms with Crippen LogP contribution < -0.4 is 0 Å². The highest BCUT2D eigenvalue weighted by molar-refractivity contribution is 5.73. The predicted octanol–water partition coefficient (Wildman–Crippen LogP) is 2.93. The van der Waals surface area contributed by atoms with Gasteiger partial charge in [-0.2, -0.15) is 0 Å². The summed E-state index contributed by atoms with van der Waals surface area (Å²) in [5.74, 6) is 0.760. The molecule has 0 N–H and O–H groups in total. The molecule has 0 heterocycles. The molecular formula is C14H21NO. The fraction of sp³-hybridized carbons (Fsp3) is 0.500. The molecule has 0 saturated carbocycles. The number of nitrogens with zero attached hydrogens (tertiary/aromatic N) is 1. The molecule has 1 amide bonds. The highest BCUT2D eigenvalue weighted by atomic mass is 16.2. The van der Waals surface area contributed by atoms with Gasteiger partial charge in [0, 0.05) is 20.0 Å². The molecule has 1 rings (SSSR count). The van der Waals surface area contributed by atoms with Crippen molar-refractivity contribution in [2.75, 3.05) is 13.1 Å². The van der Waals surface area contributed by atoms with E-state index in [-0.39, 0.29) is 5.91 Å². The van der Waals surface area contributed by atoms with Crippen LogP contribution >= 0.6 is 0 Å². The molecule has 1 aliphatic rings. The standard InChI is InChI=1S/C14H21NO/c1-3-11-15(13(2)16)12-7-10-14-8-5-4-6-9-14/h3-5,7,10,14H,1,6,8-9,11-12H2,2H3. The van der Waals surface area contributed by atoms with Gasteiger partial charge in [-0.3, -0.25) is 4.79 Å². The molecule has 88 valence electrons. The Kier molecular flexibility index (Phi) is 5.62. The number of hydrogen-bond donors (Lipinski definition) is 0. The van der Waals surface area contributed by atoms with E-state index in [9.17, 15) is 4.79 Å². The second-order valence-electron chi connectivity index (χ2n) is 4.19. The quantitative estimate of drug-likeness (QED) is 0.651. The van der Waals surface area contributed by atoms with Crippen LogP contribution in [0.15, 0.2) is 37.0 Å². The van der Waals surface area contributed by atoms with Crippen LogP contribution in [-0.2, 0) is 4.79 Å². The Labute approximate surface area is 98.3 Å². The molecule has 0 fully saturated rings. The van der Waals surface area contributed by atoms with Crippen LogP contribution in [0.5, 0.6) is 0 Å². The van der Waals surface area contributed by atoms with E-state index < -0.39 is 0 Å². The van der Waals surface area contributed by atoms with E-state index in [4.69, 9.17) is 0 Å². The highest BCUT2D eigenvalue weighted by Crippen LogP contribution is 2.18. The Morgan fingerprint density at radius 3 is 2.88 bits per heavy atom. The van der Waals surface area contributed by atoms with Crippen molar-refractivity contribution in [3.63, 3.8) is 0 Å². The monoisotopic (exact) mass is 219 g/mol. The van der Waals surface area contributed by atoms with Gasteiger partial charge in [0.2, 0.25) is 5.91 Å². The Hall–Kier alpha value is -1.31.